The molecule has 0 atom stereocenters. The molecule has 4 rings (SSSR count). The molecule has 2 aromatic carbocycles. The lowest BCUT2D eigenvalue weighted by molar-refractivity contribution is 0.601. The van der Waals surface area contributed by atoms with Crippen LogP contribution in [0.5, 0.6) is 0 Å². The van der Waals surface area contributed by atoms with E-state index in [0.29, 0.717) is 12.2 Å². The number of sulfonamides is 1. The van der Waals surface area contributed by atoms with Gasteiger partial charge in [0.1, 0.15) is 4.90 Å². The summed E-state index contributed by atoms with van der Waals surface area (Å²) in [5.41, 5.74) is 1.53. The molecule has 7 nitrogen and oxygen atoms in total. The third-order valence-corrected chi connectivity index (χ3v) is 5.43. The summed E-state index contributed by atoms with van der Waals surface area (Å²) < 4.78 is 30.4. The van der Waals surface area contributed by atoms with E-state index in [0.717, 1.165) is 16.3 Å². The fourth-order valence-corrected chi connectivity index (χ4v) is 3.87. The number of aromatic nitrogens is 4. The van der Waals surface area contributed by atoms with Crippen molar-refractivity contribution >= 4 is 26.5 Å². The molecule has 26 heavy (non-hydrogen) atoms. The molecule has 0 unspecified atom stereocenters. The average Bonchev–Trinajstić information content (AvgIpc) is 3.24. The Morgan fingerprint density at radius 1 is 1.00 bits per heavy atom. The van der Waals surface area contributed by atoms with Crippen molar-refractivity contribution in [1.29, 1.82) is 0 Å². The Balaban J connectivity index is 1.57. The number of anilines is 1. The molecule has 0 spiro atoms. The summed E-state index contributed by atoms with van der Waals surface area (Å²) in [5.74, 6) is 0. The van der Waals surface area contributed by atoms with Gasteiger partial charge in [0.25, 0.3) is 10.0 Å². The first-order valence-electron chi connectivity index (χ1n) is 8.02. The third-order valence-electron chi connectivity index (χ3n) is 4.09. The summed E-state index contributed by atoms with van der Waals surface area (Å²) in [6.45, 7) is 0.552. The molecule has 0 amide bonds. The predicted molar refractivity (Wildman–Crippen MR) is 99.3 cm³/mol. The first-order chi connectivity index (χ1) is 12.5. The van der Waals surface area contributed by atoms with E-state index in [9.17, 15) is 8.42 Å². The number of fused-ring (bicyclic) bond motifs is 1. The van der Waals surface area contributed by atoms with Crippen molar-refractivity contribution < 1.29 is 8.42 Å². The predicted octanol–water partition coefficient (Wildman–Crippen LogP) is 2.62. The summed E-state index contributed by atoms with van der Waals surface area (Å²) in [4.78, 5) is 0.113. The minimum Gasteiger partial charge on any atom is -0.276 e. The Hall–Kier alpha value is -3.13. The van der Waals surface area contributed by atoms with Gasteiger partial charge in [-0.1, -0.05) is 42.5 Å². The van der Waals surface area contributed by atoms with Crippen LogP contribution in [-0.2, 0) is 23.6 Å². The van der Waals surface area contributed by atoms with E-state index in [1.165, 1.54) is 23.3 Å². The van der Waals surface area contributed by atoms with Crippen LogP contribution in [0.2, 0.25) is 0 Å². The van der Waals surface area contributed by atoms with Crippen LogP contribution in [0.25, 0.3) is 10.8 Å². The van der Waals surface area contributed by atoms with Gasteiger partial charge < -0.3 is 0 Å². The van der Waals surface area contributed by atoms with Crippen LogP contribution in [0.15, 0.2) is 72.1 Å². The van der Waals surface area contributed by atoms with Gasteiger partial charge >= 0.3 is 0 Å². The molecule has 4 aromatic rings. The number of hydrogen-bond donors (Lipinski definition) is 1. The van der Waals surface area contributed by atoms with Crippen molar-refractivity contribution in [3.63, 3.8) is 0 Å². The molecule has 0 fully saturated rings. The number of benzene rings is 2. The van der Waals surface area contributed by atoms with Crippen molar-refractivity contribution in [2.24, 2.45) is 7.05 Å². The van der Waals surface area contributed by atoms with E-state index in [1.54, 1.807) is 17.9 Å². The third kappa shape index (κ3) is 3.18. The van der Waals surface area contributed by atoms with Crippen molar-refractivity contribution in [3.05, 3.63) is 72.8 Å². The van der Waals surface area contributed by atoms with E-state index < -0.39 is 10.0 Å². The smallest absolute Gasteiger partial charge is 0.265 e. The minimum absolute atomic E-state index is 0.113. The first kappa shape index (κ1) is 16.3. The molecular weight excluding hydrogens is 350 g/mol. The van der Waals surface area contributed by atoms with Gasteiger partial charge in [-0.3, -0.25) is 14.1 Å². The normalized spacial score (nSPS) is 11.7. The molecule has 0 saturated heterocycles. The Kier molecular flexibility index (Phi) is 3.96. The van der Waals surface area contributed by atoms with E-state index in [4.69, 9.17) is 0 Å². The van der Waals surface area contributed by atoms with E-state index in [2.05, 4.69) is 33.1 Å². The molecule has 132 valence electrons. The van der Waals surface area contributed by atoms with Crippen LogP contribution in [0, 0.1) is 0 Å². The number of aryl methyl sites for hydroxylation is 1. The molecule has 0 bridgehead atoms. The standard InChI is InChI=1S/C18H17N5O2S/c1-22-13-17(10-19-22)26(24,25)21-16-9-20-23(12-16)11-15-7-4-6-14-5-2-3-8-18(14)15/h2-10,12-13,21H,11H2,1H3. The molecule has 2 aromatic heterocycles. The summed E-state index contributed by atoms with van der Waals surface area (Å²) in [6.07, 6.45) is 5.93. The molecule has 2 heterocycles. The second-order valence-corrected chi connectivity index (χ2v) is 7.70. The maximum atomic E-state index is 12.4. The highest BCUT2D eigenvalue weighted by molar-refractivity contribution is 7.92. The summed E-state index contributed by atoms with van der Waals surface area (Å²) in [6, 6.07) is 14.3. The number of rotatable bonds is 5. The second kappa shape index (κ2) is 6.30. The van der Waals surface area contributed by atoms with Crippen molar-refractivity contribution in [3.8, 4) is 0 Å². The van der Waals surface area contributed by atoms with Crippen LogP contribution >= 0.6 is 0 Å². The SMILES string of the molecule is Cn1cc(S(=O)(=O)Nc2cnn(Cc3cccc4ccccc34)c2)cn1. The van der Waals surface area contributed by atoms with Crippen LogP contribution < -0.4 is 4.72 Å². The number of nitrogens with one attached hydrogen (secondary N) is 1. The second-order valence-electron chi connectivity index (χ2n) is 6.02. The minimum atomic E-state index is -3.67. The maximum Gasteiger partial charge on any atom is 0.265 e. The summed E-state index contributed by atoms with van der Waals surface area (Å²) >= 11 is 0. The highest BCUT2D eigenvalue weighted by Crippen LogP contribution is 2.20. The Labute approximate surface area is 150 Å². The number of nitrogens with zero attached hydrogens (tertiary/aromatic N) is 4. The van der Waals surface area contributed by atoms with Gasteiger partial charge in [0.15, 0.2) is 0 Å². The Morgan fingerprint density at radius 2 is 1.81 bits per heavy atom. The first-order valence-corrected chi connectivity index (χ1v) is 9.50. The summed E-state index contributed by atoms with van der Waals surface area (Å²) in [5, 5.41) is 10.5. The molecule has 0 aliphatic carbocycles. The molecule has 0 saturated carbocycles. The Bertz CT molecular complexity index is 1170. The van der Waals surface area contributed by atoms with Gasteiger partial charge in [-0.25, -0.2) is 8.42 Å². The fourth-order valence-electron chi connectivity index (χ4n) is 2.86. The highest BCUT2D eigenvalue weighted by Gasteiger charge is 2.17. The number of hydrogen-bond acceptors (Lipinski definition) is 4. The van der Waals surface area contributed by atoms with Crippen LogP contribution in [0.3, 0.4) is 0 Å². The quantitative estimate of drug-likeness (QED) is 0.588. The van der Waals surface area contributed by atoms with Crippen molar-refractivity contribution in [2.75, 3.05) is 4.72 Å². The van der Waals surface area contributed by atoms with Gasteiger partial charge in [0, 0.05) is 19.4 Å². The zero-order valence-electron chi connectivity index (χ0n) is 14.1. The zero-order valence-corrected chi connectivity index (χ0v) is 14.9. The monoisotopic (exact) mass is 367 g/mol. The average molecular weight is 367 g/mol. The zero-order chi connectivity index (χ0) is 18.1. The molecular formula is C18H17N5O2S. The van der Waals surface area contributed by atoms with Gasteiger partial charge in [0.05, 0.1) is 24.6 Å². The van der Waals surface area contributed by atoms with Gasteiger partial charge in [-0.15, -0.1) is 0 Å². The molecule has 0 radical (unpaired) electrons. The largest absolute Gasteiger partial charge is 0.276 e. The summed E-state index contributed by atoms with van der Waals surface area (Å²) in [7, 11) is -2.01. The molecule has 1 N–H and O–H groups in total. The molecule has 8 heteroatoms. The lowest BCUT2D eigenvalue weighted by Crippen LogP contribution is -2.11. The van der Waals surface area contributed by atoms with Crippen LogP contribution in [0.4, 0.5) is 5.69 Å². The lowest BCUT2D eigenvalue weighted by Gasteiger charge is -2.07. The van der Waals surface area contributed by atoms with E-state index >= 15 is 0 Å². The van der Waals surface area contributed by atoms with Crippen molar-refractivity contribution in [2.45, 2.75) is 11.4 Å². The lowest BCUT2D eigenvalue weighted by atomic mass is 10.0. The van der Waals surface area contributed by atoms with E-state index in [-0.39, 0.29) is 4.90 Å². The molecule has 0 aliphatic heterocycles. The van der Waals surface area contributed by atoms with E-state index in [1.807, 2.05) is 24.3 Å². The van der Waals surface area contributed by atoms with Gasteiger partial charge in [-0.2, -0.15) is 10.2 Å². The van der Waals surface area contributed by atoms with Gasteiger partial charge in [-0.05, 0) is 16.3 Å². The highest BCUT2D eigenvalue weighted by atomic mass is 32.2. The van der Waals surface area contributed by atoms with Gasteiger partial charge in [0.2, 0.25) is 0 Å². The van der Waals surface area contributed by atoms with Crippen LogP contribution in [-0.4, -0.2) is 28.0 Å². The van der Waals surface area contributed by atoms with Crippen LogP contribution in [0.1, 0.15) is 5.56 Å². The molecule has 0 aliphatic rings. The fraction of sp³-hybridized carbons (Fsp3) is 0.111. The van der Waals surface area contributed by atoms with Crippen molar-refractivity contribution in [1.82, 2.24) is 19.6 Å². The topological polar surface area (TPSA) is 81.8 Å². The maximum absolute atomic E-state index is 12.4. The Morgan fingerprint density at radius 3 is 2.62 bits per heavy atom.